The summed E-state index contributed by atoms with van der Waals surface area (Å²) < 4.78 is 40.1. The quantitative estimate of drug-likeness (QED) is 0.886. The summed E-state index contributed by atoms with van der Waals surface area (Å²) in [6.07, 6.45) is -4.87. The highest BCUT2D eigenvalue weighted by atomic mass is 19.4. The number of halogens is 3. The molecule has 0 bridgehead atoms. The number of nitrogens with zero attached hydrogens (tertiary/aromatic N) is 1. The largest absolute Gasteiger partial charge is 0.573 e. The van der Waals surface area contributed by atoms with Gasteiger partial charge in [-0.2, -0.15) is 0 Å². The number of amides is 1. The third kappa shape index (κ3) is 3.54. The molecule has 1 aromatic carbocycles. The zero-order valence-electron chi connectivity index (χ0n) is 9.21. The van der Waals surface area contributed by atoms with E-state index in [2.05, 4.69) is 4.74 Å². The zero-order chi connectivity index (χ0) is 13.2. The van der Waals surface area contributed by atoms with Crippen LogP contribution in [0.4, 0.5) is 18.9 Å². The van der Waals surface area contributed by atoms with E-state index in [-0.39, 0.29) is 5.56 Å². The number of carbonyl (C=O) groups excluding carboxylic acids is 1. The second-order valence-corrected chi connectivity index (χ2v) is 3.49. The summed E-state index contributed by atoms with van der Waals surface area (Å²) in [5, 5.41) is 0. The summed E-state index contributed by atoms with van der Waals surface area (Å²) >= 11 is 0. The van der Waals surface area contributed by atoms with E-state index in [1.165, 1.54) is 12.1 Å². The van der Waals surface area contributed by atoms with Crippen molar-refractivity contribution in [3.05, 3.63) is 23.8 Å². The van der Waals surface area contributed by atoms with E-state index in [0.29, 0.717) is 5.69 Å². The number of nitrogens with two attached hydrogens (primary N) is 1. The molecule has 0 aliphatic carbocycles. The van der Waals surface area contributed by atoms with Crippen LogP contribution < -0.4 is 15.4 Å². The molecule has 17 heavy (non-hydrogen) atoms. The molecule has 4 nitrogen and oxygen atoms in total. The molecule has 1 aromatic rings. The summed E-state index contributed by atoms with van der Waals surface area (Å²) in [7, 11) is 3.30. The molecule has 0 spiro atoms. The second kappa shape index (κ2) is 4.52. The fourth-order valence-electron chi connectivity index (χ4n) is 1.20. The molecule has 0 unspecified atom stereocenters. The van der Waals surface area contributed by atoms with Gasteiger partial charge in [0.05, 0.1) is 5.56 Å². The zero-order valence-corrected chi connectivity index (χ0v) is 9.21. The Balaban J connectivity index is 3.21. The van der Waals surface area contributed by atoms with Crippen molar-refractivity contribution in [1.29, 1.82) is 0 Å². The van der Waals surface area contributed by atoms with E-state index in [4.69, 9.17) is 5.73 Å². The molecule has 0 saturated heterocycles. The van der Waals surface area contributed by atoms with Crippen LogP contribution in [-0.2, 0) is 0 Å². The van der Waals surface area contributed by atoms with Gasteiger partial charge in [-0.05, 0) is 12.1 Å². The average molecular weight is 248 g/mol. The van der Waals surface area contributed by atoms with Crippen LogP contribution in [0.25, 0.3) is 0 Å². The number of carbonyl (C=O) groups is 1. The van der Waals surface area contributed by atoms with Crippen molar-refractivity contribution in [1.82, 2.24) is 0 Å². The van der Waals surface area contributed by atoms with E-state index < -0.39 is 18.0 Å². The van der Waals surface area contributed by atoms with Crippen molar-refractivity contribution in [3.8, 4) is 5.75 Å². The Morgan fingerprint density at radius 3 is 2.35 bits per heavy atom. The van der Waals surface area contributed by atoms with Gasteiger partial charge in [0.25, 0.3) is 5.91 Å². The van der Waals surface area contributed by atoms with Crippen molar-refractivity contribution >= 4 is 11.6 Å². The maximum Gasteiger partial charge on any atom is 0.573 e. The third-order valence-electron chi connectivity index (χ3n) is 1.97. The normalized spacial score (nSPS) is 11.1. The molecular weight excluding hydrogens is 237 g/mol. The number of alkyl halides is 3. The van der Waals surface area contributed by atoms with E-state index >= 15 is 0 Å². The van der Waals surface area contributed by atoms with E-state index in [0.717, 1.165) is 6.07 Å². The van der Waals surface area contributed by atoms with Gasteiger partial charge in [-0.3, -0.25) is 4.79 Å². The minimum absolute atomic E-state index is 0.312. The molecule has 0 aliphatic heterocycles. The van der Waals surface area contributed by atoms with Crippen LogP contribution in [0.1, 0.15) is 10.4 Å². The maximum absolute atomic E-state index is 12.1. The van der Waals surface area contributed by atoms with E-state index in [1.807, 2.05) is 0 Å². The summed E-state index contributed by atoms with van der Waals surface area (Å²) in [4.78, 5) is 12.5. The van der Waals surface area contributed by atoms with E-state index in [9.17, 15) is 18.0 Å². The molecule has 1 rings (SSSR count). The number of ether oxygens (including phenoxy) is 1. The summed E-state index contributed by atoms with van der Waals surface area (Å²) in [5.74, 6) is -1.58. The number of benzene rings is 1. The Morgan fingerprint density at radius 1 is 1.35 bits per heavy atom. The molecule has 0 saturated carbocycles. The first kappa shape index (κ1) is 13.1. The van der Waals surface area contributed by atoms with Crippen molar-refractivity contribution in [3.63, 3.8) is 0 Å². The number of hydrogen-bond acceptors (Lipinski definition) is 3. The highest BCUT2D eigenvalue weighted by Gasteiger charge is 2.32. The van der Waals surface area contributed by atoms with Crippen LogP contribution >= 0.6 is 0 Å². The maximum atomic E-state index is 12.1. The fourth-order valence-corrected chi connectivity index (χ4v) is 1.20. The lowest BCUT2D eigenvalue weighted by atomic mass is 10.1. The SMILES string of the molecule is CN(C)c1ccc(C(N)=O)c(OC(F)(F)F)c1. The highest BCUT2D eigenvalue weighted by molar-refractivity contribution is 5.96. The van der Waals surface area contributed by atoms with Gasteiger partial charge in [0.15, 0.2) is 0 Å². The molecule has 0 atom stereocenters. The van der Waals surface area contributed by atoms with Crippen molar-refractivity contribution in [2.45, 2.75) is 6.36 Å². The number of anilines is 1. The number of rotatable bonds is 3. The van der Waals surface area contributed by atoms with E-state index in [1.54, 1.807) is 19.0 Å². The minimum Gasteiger partial charge on any atom is -0.405 e. The standard InChI is InChI=1S/C10H11F3N2O2/c1-15(2)6-3-4-7(9(14)16)8(5-6)17-10(11,12)13/h3-5H,1-2H3,(H2,14,16). The smallest absolute Gasteiger partial charge is 0.405 e. The predicted octanol–water partition coefficient (Wildman–Crippen LogP) is 1.75. The molecule has 0 aromatic heterocycles. The monoisotopic (exact) mass is 248 g/mol. The fraction of sp³-hybridized carbons (Fsp3) is 0.300. The van der Waals surface area contributed by atoms with Gasteiger partial charge in [0, 0.05) is 25.8 Å². The lowest BCUT2D eigenvalue weighted by Gasteiger charge is -2.16. The third-order valence-corrected chi connectivity index (χ3v) is 1.97. The van der Waals surface area contributed by atoms with Crippen molar-refractivity contribution in [2.75, 3.05) is 19.0 Å². The first-order valence-electron chi connectivity index (χ1n) is 4.57. The first-order chi connectivity index (χ1) is 7.70. The summed E-state index contributed by atoms with van der Waals surface area (Å²) in [6.45, 7) is 0. The molecule has 94 valence electrons. The molecule has 1 amide bonds. The Labute approximate surface area is 95.8 Å². The van der Waals surface area contributed by atoms with Gasteiger partial charge in [0.1, 0.15) is 5.75 Å². The molecule has 0 heterocycles. The number of primary amides is 1. The van der Waals surface area contributed by atoms with Gasteiger partial charge in [-0.1, -0.05) is 0 Å². The minimum atomic E-state index is -4.87. The Hall–Kier alpha value is -1.92. The summed E-state index contributed by atoms with van der Waals surface area (Å²) in [6, 6.07) is 3.77. The van der Waals surface area contributed by atoms with Crippen LogP contribution in [-0.4, -0.2) is 26.4 Å². The second-order valence-electron chi connectivity index (χ2n) is 3.49. The molecule has 7 heteroatoms. The van der Waals surface area contributed by atoms with Crippen LogP contribution in [0.3, 0.4) is 0 Å². The Kier molecular flexibility index (Phi) is 3.50. The van der Waals surface area contributed by atoms with Crippen LogP contribution in [0.5, 0.6) is 5.75 Å². The lowest BCUT2D eigenvalue weighted by molar-refractivity contribution is -0.274. The topological polar surface area (TPSA) is 55.6 Å². The van der Waals surface area contributed by atoms with Gasteiger partial charge in [-0.25, -0.2) is 0 Å². The Morgan fingerprint density at radius 2 is 1.94 bits per heavy atom. The molecule has 0 radical (unpaired) electrons. The van der Waals surface area contributed by atoms with Crippen molar-refractivity contribution < 1.29 is 22.7 Å². The molecule has 2 N–H and O–H groups in total. The van der Waals surface area contributed by atoms with Crippen LogP contribution in [0.2, 0.25) is 0 Å². The van der Waals surface area contributed by atoms with Crippen LogP contribution in [0, 0.1) is 0 Å². The molecule has 0 aliphatic rings. The van der Waals surface area contributed by atoms with Gasteiger partial charge in [0.2, 0.25) is 0 Å². The van der Waals surface area contributed by atoms with Crippen molar-refractivity contribution in [2.24, 2.45) is 5.73 Å². The molecular formula is C10H11F3N2O2. The van der Waals surface area contributed by atoms with Gasteiger partial charge >= 0.3 is 6.36 Å². The lowest BCUT2D eigenvalue weighted by Crippen LogP contribution is -2.21. The number of hydrogen-bond donors (Lipinski definition) is 1. The molecule has 0 fully saturated rings. The van der Waals surface area contributed by atoms with Gasteiger partial charge < -0.3 is 15.4 Å². The first-order valence-corrected chi connectivity index (χ1v) is 4.57. The summed E-state index contributed by atoms with van der Waals surface area (Å²) in [5.41, 5.74) is 5.11. The Bertz CT molecular complexity index is 430. The predicted molar refractivity (Wildman–Crippen MR) is 56.0 cm³/mol. The van der Waals surface area contributed by atoms with Gasteiger partial charge in [-0.15, -0.1) is 13.2 Å². The average Bonchev–Trinajstić information content (AvgIpc) is 2.14. The highest BCUT2D eigenvalue weighted by Crippen LogP contribution is 2.29. The van der Waals surface area contributed by atoms with Crippen LogP contribution in [0.15, 0.2) is 18.2 Å².